The van der Waals surface area contributed by atoms with Crippen molar-refractivity contribution < 1.29 is 14.3 Å². The molecule has 0 aromatic carbocycles. The lowest BCUT2D eigenvalue weighted by atomic mass is 10.4. The number of carbonyl (C=O) groups excluding carboxylic acids is 2. The van der Waals surface area contributed by atoms with Crippen molar-refractivity contribution in [3.05, 3.63) is 29.5 Å². The van der Waals surface area contributed by atoms with Crippen LogP contribution in [0.25, 0.3) is 0 Å². The number of carbonyl (C=O) groups is 2. The van der Waals surface area contributed by atoms with E-state index >= 15 is 0 Å². The summed E-state index contributed by atoms with van der Waals surface area (Å²) >= 11 is 1.39. The molecule has 11 heteroatoms. The van der Waals surface area contributed by atoms with Crippen molar-refractivity contribution in [1.82, 2.24) is 25.8 Å². The van der Waals surface area contributed by atoms with Crippen LogP contribution in [0.2, 0.25) is 0 Å². The highest BCUT2D eigenvalue weighted by atomic mass is 32.1. The number of rotatable bonds is 6. The van der Waals surface area contributed by atoms with E-state index in [1.807, 2.05) is 0 Å². The normalized spacial score (nSPS) is 13.9. The first-order valence-corrected chi connectivity index (χ1v) is 8.98. The van der Waals surface area contributed by atoms with Crippen molar-refractivity contribution in [2.75, 3.05) is 43.1 Å². The van der Waals surface area contributed by atoms with Gasteiger partial charge >= 0.3 is 0 Å². The van der Waals surface area contributed by atoms with Crippen molar-refractivity contribution in [1.29, 1.82) is 0 Å². The molecule has 138 valence electrons. The molecule has 3 heterocycles. The number of aromatic nitrogens is 3. The van der Waals surface area contributed by atoms with Crippen LogP contribution in [0.4, 0.5) is 11.1 Å². The molecule has 0 radical (unpaired) electrons. The summed E-state index contributed by atoms with van der Waals surface area (Å²) in [6.45, 7) is 3.16. The standard InChI is InChI=1S/C15H19N7O3S/c23-12(2-5-18-14-16-3-1-4-17-14)20-21-13(24)11-10-26-15(19-11)22-6-8-25-9-7-22/h1,3-4,10H,2,5-9H2,(H,20,23)(H,21,24)(H,16,17,18). The zero-order valence-electron chi connectivity index (χ0n) is 14.0. The van der Waals surface area contributed by atoms with Gasteiger partial charge in [0.1, 0.15) is 5.69 Å². The Kier molecular flexibility index (Phi) is 6.28. The van der Waals surface area contributed by atoms with Gasteiger partial charge in [0, 0.05) is 43.8 Å². The molecule has 1 aliphatic heterocycles. The van der Waals surface area contributed by atoms with Crippen molar-refractivity contribution >= 4 is 34.2 Å². The van der Waals surface area contributed by atoms with Crippen LogP contribution in [-0.2, 0) is 9.53 Å². The molecular weight excluding hydrogens is 358 g/mol. The Hall–Kier alpha value is -2.79. The van der Waals surface area contributed by atoms with Gasteiger partial charge in [0.25, 0.3) is 5.91 Å². The summed E-state index contributed by atoms with van der Waals surface area (Å²) in [5.74, 6) is -0.332. The van der Waals surface area contributed by atoms with Crippen LogP contribution < -0.4 is 21.1 Å². The Balaban J connectivity index is 1.39. The third kappa shape index (κ3) is 5.10. The van der Waals surface area contributed by atoms with E-state index < -0.39 is 5.91 Å². The highest BCUT2D eigenvalue weighted by Crippen LogP contribution is 2.21. The van der Waals surface area contributed by atoms with E-state index in [-0.39, 0.29) is 18.0 Å². The minimum Gasteiger partial charge on any atom is -0.378 e. The second kappa shape index (κ2) is 9.06. The molecule has 0 saturated carbocycles. The number of anilines is 2. The zero-order valence-corrected chi connectivity index (χ0v) is 14.8. The molecule has 1 fully saturated rings. The van der Waals surface area contributed by atoms with Gasteiger partial charge in [0.15, 0.2) is 5.13 Å². The van der Waals surface area contributed by atoms with Crippen molar-refractivity contribution in [3.8, 4) is 0 Å². The van der Waals surface area contributed by atoms with E-state index in [9.17, 15) is 9.59 Å². The molecular formula is C15H19N7O3S. The zero-order chi connectivity index (χ0) is 18.2. The lowest BCUT2D eigenvalue weighted by molar-refractivity contribution is -0.121. The number of amides is 2. The van der Waals surface area contributed by atoms with Crippen LogP contribution in [0.15, 0.2) is 23.8 Å². The lowest BCUT2D eigenvalue weighted by Crippen LogP contribution is -2.42. The van der Waals surface area contributed by atoms with Gasteiger partial charge in [-0.3, -0.25) is 20.4 Å². The molecule has 10 nitrogen and oxygen atoms in total. The number of hydrogen-bond donors (Lipinski definition) is 3. The molecule has 1 aliphatic rings. The van der Waals surface area contributed by atoms with Crippen LogP contribution in [0.1, 0.15) is 16.9 Å². The van der Waals surface area contributed by atoms with E-state index in [0.717, 1.165) is 18.2 Å². The SMILES string of the molecule is O=C(CCNc1ncccn1)NNC(=O)c1csc(N2CCOCC2)n1. The summed E-state index contributed by atoms with van der Waals surface area (Å²) in [6, 6.07) is 1.70. The van der Waals surface area contributed by atoms with E-state index in [1.54, 1.807) is 23.8 Å². The molecule has 1 saturated heterocycles. The number of morpholine rings is 1. The lowest BCUT2D eigenvalue weighted by Gasteiger charge is -2.25. The highest BCUT2D eigenvalue weighted by molar-refractivity contribution is 7.13. The van der Waals surface area contributed by atoms with Gasteiger partial charge in [-0.25, -0.2) is 15.0 Å². The second-order valence-electron chi connectivity index (χ2n) is 5.37. The van der Waals surface area contributed by atoms with Gasteiger partial charge in [-0.05, 0) is 6.07 Å². The molecule has 3 rings (SSSR count). The minimum absolute atomic E-state index is 0.161. The molecule has 3 N–H and O–H groups in total. The van der Waals surface area contributed by atoms with Gasteiger partial charge < -0.3 is 15.0 Å². The van der Waals surface area contributed by atoms with Crippen LogP contribution >= 0.6 is 11.3 Å². The molecule has 2 amide bonds. The number of hydrogen-bond acceptors (Lipinski definition) is 9. The van der Waals surface area contributed by atoms with Gasteiger partial charge in [-0.2, -0.15) is 0 Å². The number of nitrogens with zero attached hydrogens (tertiary/aromatic N) is 4. The quantitative estimate of drug-likeness (QED) is 0.603. The number of thiazole rings is 1. The summed E-state index contributed by atoms with van der Waals surface area (Å²) in [6.07, 6.45) is 3.37. The Labute approximate surface area is 154 Å². The van der Waals surface area contributed by atoms with Crippen LogP contribution in [0.5, 0.6) is 0 Å². The predicted molar refractivity (Wildman–Crippen MR) is 95.9 cm³/mol. The Morgan fingerprint density at radius 1 is 1.19 bits per heavy atom. The smallest absolute Gasteiger partial charge is 0.289 e. The van der Waals surface area contributed by atoms with Gasteiger partial charge in [-0.1, -0.05) is 0 Å². The third-order valence-electron chi connectivity index (χ3n) is 3.52. The maximum Gasteiger partial charge on any atom is 0.289 e. The first-order chi connectivity index (χ1) is 12.7. The highest BCUT2D eigenvalue weighted by Gasteiger charge is 2.17. The molecule has 2 aromatic rings. The van der Waals surface area contributed by atoms with E-state index in [2.05, 4.69) is 36.0 Å². The van der Waals surface area contributed by atoms with E-state index in [0.29, 0.717) is 25.7 Å². The topological polar surface area (TPSA) is 121 Å². The Morgan fingerprint density at radius 3 is 2.73 bits per heavy atom. The minimum atomic E-state index is -0.450. The van der Waals surface area contributed by atoms with Gasteiger partial charge in [-0.15, -0.1) is 11.3 Å². The fourth-order valence-electron chi connectivity index (χ4n) is 2.20. The average Bonchev–Trinajstić information content (AvgIpc) is 3.18. The summed E-state index contributed by atoms with van der Waals surface area (Å²) in [5.41, 5.74) is 5.01. The average molecular weight is 377 g/mol. The van der Waals surface area contributed by atoms with Gasteiger partial charge in [0.05, 0.1) is 13.2 Å². The summed E-state index contributed by atoms with van der Waals surface area (Å²) < 4.78 is 5.30. The predicted octanol–water partition coefficient (Wildman–Crippen LogP) is 0.0329. The molecule has 0 aliphatic carbocycles. The third-order valence-corrected chi connectivity index (χ3v) is 4.42. The van der Waals surface area contributed by atoms with Crippen LogP contribution in [0, 0.1) is 0 Å². The molecule has 26 heavy (non-hydrogen) atoms. The number of ether oxygens (including phenoxy) is 1. The van der Waals surface area contributed by atoms with E-state index in [4.69, 9.17) is 4.74 Å². The first-order valence-electron chi connectivity index (χ1n) is 8.10. The maximum absolute atomic E-state index is 12.1. The number of hydrazine groups is 1. The van der Waals surface area contributed by atoms with Gasteiger partial charge in [0.2, 0.25) is 11.9 Å². The largest absolute Gasteiger partial charge is 0.378 e. The first kappa shape index (κ1) is 18.0. The van der Waals surface area contributed by atoms with Crippen LogP contribution in [-0.4, -0.2) is 59.6 Å². The fraction of sp³-hybridized carbons (Fsp3) is 0.400. The molecule has 0 bridgehead atoms. The summed E-state index contributed by atoms with van der Waals surface area (Å²) in [7, 11) is 0. The Morgan fingerprint density at radius 2 is 1.96 bits per heavy atom. The summed E-state index contributed by atoms with van der Waals surface area (Å²) in [5, 5.41) is 5.35. The van der Waals surface area contributed by atoms with E-state index in [1.165, 1.54) is 11.3 Å². The summed E-state index contributed by atoms with van der Waals surface area (Å²) in [4.78, 5) is 38.2. The van der Waals surface area contributed by atoms with Crippen molar-refractivity contribution in [3.63, 3.8) is 0 Å². The molecule has 2 aromatic heterocycles. The second-order valence-corrected chi connectivity index (χ2v) is 6.20. The van der Waals surface area contributed by atoms with Crippen molar-refractivity contribution in [2.45, 2.75) is 6.42 Å². The monoisotopic (exact) mass is 377 g/mol. The molecule has 0 atom stereocenters. The number of nitrogens with one attached hydrogen (secondary N) is 3. The van der Waals surface area contributed by atoms with Crippen molar-refractivity contribution in [2.24, 2.45) is 0 Å². The maximum atomic E-state index is 12.1. The Bertz CT molecular complexity index is 734. The fourth-order valence-corrected chi connectivity index (χ4v) is 3.06. The molecule has 0 spiro atoms. The molecule has 0 unspecified atom stereocenters. The van der Waals surface area contributed by atoms with Crippen LogP contribution in [0.3, 0.4) is 0 Å².